The van der Waals surface area contributed by atoms with Crippen LogP contribution in [-0.2, 0) is 14.6 Å². The topological polar surface area (TPSA) is 75.7 Å². The lowest BCUT2D eigenvalue weighted by Gasteiger charge is -2.35. The summed E-state index contributed by atoms with van der Waals surface area (Å²) < 4.78 is 29.8. The number of urea groups is 1. The summed E-state index contributed by atoms with van der Waals surface area (Å²) >= 11 is 0. The average molecular weight is 340 g/mol. The molecule has 1 saturated heterocycles. The zero-order valence-corrected chi connectivity index (χ0v) is 14.4. The van der Waals surface area contributed by atoms with Gasteiger partial charge in [-0.05, 0) is 32.4 Å². The average Bonchev–Trinajstić information content (AvgIpc) is 2.51. The highest BCUT2D eigenvalue weighted by Gasteiger charge is 2.25. The van der Waals surface area contributed by atoms with E-state index in [0.717, 1.165) is 0 Å². The summed E-state index contributed by atoms with van der Waals surface area (Å²) in [4.78, 5) is 14.1. The molecule has 2 atom stereocenters. The molecule has 1 fully saturated rings. The van der Waals surface area contributed by atoms with Crippen molar-refractivity contribution in [2.75, 3.05) is 25.4 Å². The van der Waals surface area contributed by atoms with Crippen LogP contribution < -0.4 is 5.32 Å². The number of nitrogens with one attached hydrogen (secondary N) is 1. The van der Waals surface area contributed by atoms with Gasteiger partial charge in [0.2, 0.25) is 0 Å². The van der Waals surface area contributed by atoms with Crippen molar-refractivity contribution < 1.29 is 17.9 Å². The monoisotopic (exact) mass is 340 g/mol. The molecule has 0 spiro atoms. The van der Waals surface area contributed by atoms with E-state index in [4.69, 9.17) is 4.74 Å². The maximum atomic E-state index is 12.1. The Labute approximate surface area is 137 Å². The lowest BCUT2D eigenvalue weighted by molar-refractivity contribution is -0.0544. The van der Waals surface area contributed by atoms with Gasteiger partial charge in [-0.2, -0.15) is 0 Å². The highest BCUT2D eigenvalue weighted by Crippen LogP contribution is 2.12. The lowest BCUT2D eigenvalue weighted by Crippen LogP contribution is -2.51. The van der Waals surface area contributed by atoms with E-state index in [1.807, 2.05) is 13.8 Å². The summed E-state index contributed by atoms with van der Waals surface area (Å²) in [6.07, 6.45) is 0.421. The molecule has 2 rings (SSSR count). The highest BCUT2D eigenvalue weighted by molar-refractivity contribution is 7.91. The van der Waals surface area contributed by atoms with Crippen LogP contribution in [-0.4, -0.2) is 56.9 Å². The van der Waals surface area contributed by atoms with Crippen molar-refractivity contribution in [3.05, 3.63) is 30.3 Å². The number of hydrogen-bond donors (Lipinski definition) is 1. The largest absolute Gasteiger partial charge is 0.372 e. The van der Waals surface area contributed by atoms with Crippen molar-refractivity contribution in [1.29, 1.82) is 0 Å². The number of sulfone groups is 1. The minimum Gasteiger partial charge on any atom is -0.372 e. The molecule has 1 N–H and O–H groups in total. The quantitative estimate of drug-likeness (QED) is 0.827. The first-order valence-corrected chi connectivity index (χ1v) is 9.50. The zero-order chi connectivity index (χ0) is 16.9. The van der Waals surface area contributed by atoms with Gasteiger partial charge in [-0.3, -0.25) is 0 Å². The third kappa shape index (κ3) is 5.21. The second kappa shape index (κ2) is 7.79. The van der Waals surface area contributed by atoms with E-state index in [1.165, 1.54) is 0 Å². The summed E-state index contributed by atoms with van der Waals surface area (Å²) in [6.45, 7) is 5.31. The molecule has 1 aromatic rings. The summed E-state index contributed by atoms with van der Waals surface area (Å²) in [6, 6.07) is 8.20. The summed E-state index contributed by atoms with van der Waals surface area (Å²) in [5.41, 5.74) is 0. The van der Waals surface area contributed by atoms with E-state index >= 15 is 0 Å². The van der Waals surface area contributed by atoms with Crippen LogP contribution in [0.15, 0.2) is 35.2 Å². The van der Waals surface area contributed by atoms with Crippen molar-refractivity contribution in [3.63, 3.8) is 0 Å². The van der Waals surface area contributed by atoms with Crippen molar-refractivity contribution in [1.82, 2.24) is 10.2 Å². The molecule has 0 aromatic heterocycles. The fraction of sp³-hybridized carbons (Fsp3) is 0.562. The van der Waals surface area contributed by atoms with Gasteiger partial charge in [0.1, 0.15) is 0 Å². The van der Waals surface area contributed by atoms with Crippen molar-refractivity contribution in [2.24, 2.45) is 0 Å². The molecule has 0 unspecified atom stereocenters. The van der Waals surface area contributed by atoms with E-state index in [2.05, 4.69) is 5.32 Å². The maximum absolute atomic E-state index is 12.1. The second-order valence-corrected chi connectivity index (χ2v) is 7.99. The molecule has 2 amide bonds. The Bertz CT molecular complexity index is 608. The number of nitrogens with zero attached hydrogens (tertiary/aromatic N) is 1. The number of hydrogen-bond acceptors (Lipinski definition) is 4. The first kappa shape index (κ1) is 17.7. The molecule has 0 saturated carbocycles. The van der Waals surface area contributed by atoms with Crippen LogP contribution in [0.25, 0.3) is 0 Å². The molecule has 1 aromatic carbocycles. The van der Waals surface area contributed by atoms with Crippen LogP contribution in [0, 0.1) is 0 Å². The van der Waals surface area contributed by atoms with Gasteiger partial charge in [0.25, 0.3) is 0 Å². The minimum atomic E-state index is -3.29. The maximum Gasteiger partial charge on any atom is 0.317 e. The molecule has 0 radical (unpaired) electrons. The van der Waals surface area contributed by atoms with Gasteiger partial charge in [-0.25, -0.2) is 13.2 Å². The van der Waals surface area contributed by atoms with Gasteiger partial charge in [0.05, 0.1) is 22.9 Å². The second-order valence-electron chi connectivity index (χ2n) is 5.88. The SMILES string of the molecule is C[C@H]1CN(C(=O)NCCCS(=O)(=O)c2ccccc2)C[C@H](C)O1. The fourth-order valence-electron chi connectivity index (χ4n) is 2.66. The predicted molar refractivity (Wildman–Crippen MR) is 88.1 cm³/mol. The fourth-order valence-corrected chi connectivity index (χ4v) is 3.99. The van der Waals surface area contributed by atoms with Crippen LogP contribution in [0.4, 0.5) is 4.79 Å². The molecule has 1 aliphatic rings. The third-order valence-corrected chi connectivity index (χ3v) is 5.49. The Hall–Kier alpha value is -1.60. The third-order valence-electron chi connectivity index (χ3n) is 3.68. The number of carbonyl (C=O) groups excluding carboxylic acids is 1. The number of benzene rings is 1. The van der Waals surface area contributed by atoms with Gasteiger partial charge in [0, 0.05) is 19.6 Å². The first-order chi connectivity index (χ1) is 10.9. The van der Waals surface area contributed by atoms with Crippen LogP contribution in [0.3, 0.4) is 0 Å². The standard InChI is InChI=1S/C16H24N2O4S/c1-13-11-18(12-14(2)22-13)16(19)17-9-6-10-23(20,21)15-7-4-3-5-8-15/h3-5,7-8,13-14H,6,9-12H2,1-2H3,(H,17,19)/t13-,14-/m0/s1. The van der Waals surface area contributed by atoms with Crippen molar-refractivity contribution in [3.8, 4) is 0 Å². The molecule has 1 aliphatic heterocycles. The van der Waals surface area contributed by atoms with Gasteiger partial charge < -0.3 is 15.0 Å². The molecule has 23 heavy (non-hydrogen) atoms. The number of ether oxygens (including phenoxy) is 1. The molecule has 0 aliphatic carbocycles. The van der Waals surface area contributed by atoms with Crippen LogP contribution in [0.2, 0.25) is 0 Å². The van der Waals surface area contributed by atoms with Gasteiger partial charge in [0.15, 0.2) is 9.84 Å². The predicted octanol–water partition coefficient (Wildman–Crippen LogP) is 1.67. The van der Waals surface area contributed by atoms with Gasteiger partial charge in [-0.1, -0.05) is 18.2 Å². The van der Waals surface area contributed by atoms with E-state index in [-0.39, 0.29) is 24.0 Å². The van der Waals surface area contributed by atoms with Gasteiger partial charge in [-0.15, -0.1) is 0 Å². The van der Waals surface area contributed by atoms with E-state index in [9.17, 15) is 13.2 Å². The molecule has 6 nitrogen and oxygen atoms in total. The lowest BCUT2D eigenvalue weighted by atomic mass is 10.2. The van der Waals surface area contributed by atoms with E-state index < -0.39 is 9.84 Å². The Morgan fingerprint density at radius 2 is 1.83 bits per heavy atom. The van der Waals surface area contributed by atoms with Crippen LogP contribution in [0.5, 0.6) is 0 Å². The number of amides is 2. The first-order valence-electron chi connectivity index (χ1n) is 7.84. The van der Waals surface area contributed by atoms with Gasteiger partial charge >= 0.3 is 6.03 Å². The number of morpholine rings is 1. The minimum absolute atomic E-state index is 0.0166. The highest BCUT2D eigenvalue weighted by atomic mass is 32.2. The normalized spacial score (nSPS) is 21.9. The molecule has 1 heterocycles. The molecular weight excluding hydrogens is 316 g/mol. The van der Waals surface area contributed by atoms with Crippen LogP contribution in [0.1, 0.15) is 20.3 Å². The Morgan fingerprint density at radius 3 is 2.43 bits per heavy atom. The number of rotatable bonds is 5. The summed E-state index contributed by atoms with van der Waals surface area (Å²) in [7, 11) is -3.29. The Kier molecular flexibility index (Phi) is 6.01. The summed E-state index contributed by atoms with van der Waals surface area (Å²) in [5.74, 6) is 0.0210. The van der Waals surface area contributed by atoms with Crippen molar-refractivity contribution in [2.45, 2.75) is 37.4 Å². The Morgan fingerprint density at radius 1 is 1.22 bits per heavy atom. The van der Waals surface area contributed by atoms with E-state index in [0.29, 0.717) is 31.0 Å². The molecular formula is C16H24N2O4S. The molecule has 0 bridgehead atoms. The summed E-state index contributed by atoms with van der Waals surface area (Å²) in [5, 5.41) is 2.78. The van der Waals surface area contributed by atoms with E-state index in [1.54, 1.807) is 35.2 Å². The van der Waals surface area contributed by atoms with Crippen LogP contribution >= 0.6 is 0 Å². The Balaban J connectivity index is 1.76. The smallest absolute Gasteiger partial charge is 0.317 e. The molecule has 7 heteroatoms. The van der Waals surface area contributed by atoms with Crippen molar-refractivity contribution >= 4 is 15.9 Å². The molecule has 128 valence electrons. The zero-order valence-electron chi connectivity index (χ0n) is 13.6. The number of carbonyl (C=O) groups is 1.